The number of methoxy groups -OCH3 is 1. The molecule has 1 aromatic carbocycles. The van der Waals surface area contributed by atoms with Gasteiger partial charge in [-0.05, 0) is 30.7 Å². The summed E-state index contributed by atoms with van der Waals surface area (Å²) in [7, 11) is 1.69. The highest BCUT2D eigenvalue weighted by molar-refractivity contribution is 7.99. The number of alkyl halides is 1. The van der Waals surface area contributed by atoms with Crippen LogP contribution in [-0.2, 0) is 0 Å². The van der Waals surface area contributed by atoms with Crippen molar-refractivity contribution in [3.63, 3.8) is 0 Å². The quantitative estimate of drug-likeness (QED) is 0.564. The molecule has 0 aliphatic carbocycles. The zero-order valence-corrected chi connectivity index (χ0v) is 9.41. The fourth-order valence-corrected chi connectivity index (χ4v) is 2.07. The first kappa shape index (κ1) is 10.7. The molecular formula is C10H13ClOS. The minimum absolute atomic E-state index is 0.690. The summed E-state index contributed by atoms with van der Waals surface area (Å²) in [6.07, 6.45) is 0. The molecule has 0 amide bonds. The van der Waals surface area contributed by atoms with Crippen LogP contribution in [0.4, 0.5) is 0 Å². The van der Waals surface area contributed by atoms with Crippen LogP contribution < -0.4 is 4.74 Å². The summed E-state index contributed by atoms with van der Waals surface area (Å²) in [5.41, 5.74) is 1.17. The van der Waals surface area contributed by atoms with Crippen LogP contribution in [-0.4, -0.2) is 18.7 Å². The van der Waals surface area contributed by atoms with Crippen LogP contribution in [0.1, 0.15) is 5.56 Å². The van der Waals surface area contributed by atoms with Crippen LogP contribution in [0.5, 0.6) is 5.75 Å². The number of hydrogen-bond donors (Lipinski definition) is 0. The highest BCUT2D eigenvalue weighted by atomic mass is 35.5. The Labute approximate surface area is 88.4 Å². The van der Waals surface area contributed by atoms with Crippen molar-refractivity contribution in [3.8, 4) is 5.75 Å². The maximum atomic E-state index is 5.60. The monoisotopic (exact) mass is 216 g/mol. The summed E-state index contributed by atoms with van der Waals surface area (Å²) in [4.78, 5) is 1.25. The molecular weight excluding hydrogens is 204 g/mol. The highest BCUT2D eigenvalue weighted by Crippen LogP contribution is 2.25. The molecule has 0 radical (unpaired) electrons. The summed E-state index contributed by atoms with van der Waals surface area (Å²) in [6.45, 7) is 2.05. The third-order valence-electron chi connectivity index (χ3n) is 1.71. The van der Waals surface area contributed by atoms with Gasteiger partial charge in [0, 0.05) is 16.5 Å². The molecule has 0 saturated carbocycles. The minimum Gasteiger partial charge on any atom is -0.496 e. The van der Waals surface area contributed by atoms with Crippen molar-refractivity contribution in [1.82, 2.24) is 0 Å². The zero-order chi connectivity index (χ0) is 9.68. The van der Waals surface area contributed by atoms with Crippen LogP contribution in [0.15, 0.2) is 23.1 Å². The van der Waals surface area contributed by atoms with Crippen LogP contribution in [0.3, 0.4) is 0 Å². The first-order valence-corrected chi connectivity index (χ1v) is 5.63. The smallest absolute Gasteiger partial charge is 0.121 e. The fraction of sp³-hybridized carbons (Fsp3) is 0.400. The van der Waals surface area contributed by atoms with E-state index in [4.69, 9.17) is 16.3 Å². The van der Waals surface area contributed by atoms with Crippen molar-refractivity contribution >= 4 is 23.4 Å². The van der Waals surface area contributed by atoms with Crippen molar-refractivity contribution < 1.29 is 4.74 Å². The van der Waals surface area contributed by atoms with Gasteiger partial charge in [-0.25, -0.2) is 0 Å². The van der Waals surface area contributed by atoms with E-state index in [9.17, 15) is 0 Å². The Morgan fingerprint density at radius 2 is 2.23 bits per heavy atom. The lowest BCUT2D eigenvalue weighted by Crippen LogP contribution is -1.87. The van der Waals surface area contributed by atoms with Gasteiger partial charge < -0.3 is 4.74 Å². The second kappa shape index (κ2) is 5.40. The molecule has 0 aromatic heterocycles. The highest BCUT2D eigenvalue weighted by Gasteiger charge is 1.99. The Hall–Kier alpha value is -0.340. The third-order valence-corrected chi connectivity index (χ3v) is 3.12. The van der Waals surface area contributed by atoms with E-state index in [-0.39, 0.29) is 0 Å². The number of hydrogen-bond acceptors (Lipinski definition) is 2. The molecule has 3 heteroatoms. The molecule has 0 unspecified atom stereocenters. The molecule has 0 spiro atoms. The van der Waals surface area contributed by atoms with Gasteiger partial charge in [0.25, 0.3) is 0 Å². The Morgan fingerprint density at radius 3 is 2.77 bits per heavy atom. The lowest BCUT2D eigenvalue weighted by Gasteiger charge is -2.06. The zero-order valence-electron chi connectivity index (χ0n) is 7.84. The molecule has 0 heterocycles. The third kappa shape index (κ3) is 3.12. The van der Waals surface area contributed by atoms with Gasteiger partial charge in [0.1, 0.15) is 5.75 Å². The Bertz CT molecular complexity index is 276. The number of ether oxygens (including phenoxy) is 1. The van der Waals surface area contributed by atoms with Crippen molar-refractivity contribution in [2.45, 2.75) is 11.8 Å². The maximum Gasteiger partial charge on any atom is 0.121 e. The number of benzene rings is 1. The number of halogens is 1. The van der Waals surface area contributed by atoms with Crippen LogP contribution in [0, 0.1) is 6.92 Å². The summed E-state index contributed by atoms with van der Waals surface area (Å²) in [5.74, 6) is 2.58. The summed E-state index contributed by atoms with van der Waals surface area (Å²) < 4.78 is 5.17. The molecule has 0 bridgehead atoms. The molecule has 1 rings (SSSR count). The second-order valence-electron chi connectivity index (χ2n) is 2.67. The predicted octanol–water partition coefficient (Wildman–Crippen LogP) is 3.33. The van der Waals surface area contributed by atoms with Gasteiger partial charge in [-0.3, -0.25) is 0 Å². The summed E-state index contributed by atoms with van der Waals surface area (Å²) >= 11 is 7.37. The Kier molecular flexibility index (Phi) is 4.46. The molecule has 0 N–H and O–H groups in total. The topological polar surface area (TPSA) is 9.23 Å². The Morgan fingerprint density at radius 1 is 1.46 bits per heavy atom. The summed E-state index contributed by atoms with van der Waals surface area (Å²) in [5, 5.41) is 0. The second-order valence-corrected chi connectivity index (χ2v) is 4.22. The van der Waals surface area contributed by atoms with Crippen LogP contribution in [0.25, 0.3) is 0 Å². The molecule has 13 heavy (non-hydrogen) atoms. The maximum absolute atomic E-state index is 5.60. The molecule has 0 aliphatic heterocycles. The van der Waals surface area contributed by atoms with Crippen molar-refractivity contribution in [2.75, 3.05) is 18.7 Å². The number of thioether (sulfide) groups is 1. The molecule has 72 valence electrons. The van der Waals surface area contributed by atoms with E-state index in [1.54, 1.807) is 18.9 Å². The molecule has 1 aromatic rings. The van der Waals surface area contributed by atoms with Gasteiger partial charge in [-0.1, -0.05) is 0 Å². The van der Waals surface area contributed by atoms with E-state index in [1.165, 1.54) is 10.5 Å². The lowest BCUT2D eigenvalue weighted by atomic mass is 10.2. The van der Waals surface area contributed by atoms with E-state index in [0.29, 0.717) is 5.88 Å². The lowest BCUT2D eigenvalue weighted by molar-refractivity contribution is 0.411. The fourth-order valence-electron chi connectivity index (χ4n) is 1.10. The van der Waals surface area contributed by atoms with Gasteiger partial charge in [-0.2, -0.15) is 0 Å². The SMILES string of the molecule is COc1ccc(SCCCl)cc1C. The molecule has 0 atom stereocenters. The van der Waals surface area contributed by atoms with Gasteiger partial charge >= 0.3 is 0 Å². The molecule has 0 aliphatic rings. The van der Waals surface area contributed by atoms with Crippen molar-refractivity contribution in [3.05, 3.63) is 23.8 Å². The predicted molar refractivity (Wildman–Crippen MR) is 59.2 cm³/mol. The average molecular weight is 217 g/mol. The molecule has 0 fully saturated rings. The van der Waals surface area contributed by atoms with Gasteiger partial charge in [0.2, 0.25) is 0 Å². The average Bonchev–Trinajstić information content (AvgIpc) is 2.15. The number of rotatable bonds is 4. The van der Waals surface area contributed by atoms with Crippen molar-refractivity contribution in [1.29, 1.82) is 0 Å². The standard InChI is InChI=1S/C10H13ClOS/c1-8-7-9(13-6-5-11)3-4-10(8)12-2/h3-4,7H,5-6H2,1-2H3. The Balaban J connectivity index is 2.71. The summed E-state index contributed by atoms with van der Waals surface area (Å²) in [6, 6.07) is 6.17. The van der Waals surface area contributed by atoms with E-state index >= 15 is 0 Å². The van der Waals surface area contributed by atoms with Gasteiger partial charge in [0.15, 0.2) is 0 Å². The largest absolute Gasteiger partial charge is 0.496 e. The van der Waals surface area contributed by atoms with E-state index < -0.39 is 0 Å². The first-order valence-electron chi connectivity index (χ1n) is 4.11. The van der Waals surface area contributed by atoms with E-state index in [2.05, 4.69) is 12.1 Å². The first-order chi connectivity index (χ1) is 6.27. The van der Waals surface area contributed by atoms with Gasteiger partial charge in [-0.15, -0.1) is 23.4 Å². The van der Waals surface area contributed by atoms with E-state index in [1.807, 2.05) is 13.0 Å². The normalized spacial score (nSPS) is 10.1. The van der Waals surface area contributed by atoms with Crippen molar-refractivity contribution in [2.24, 2.45) is 0 Å². The molecule has 1 nitrogen and oxygen atoms in total. The minimum atomic E-state index is 0.690. The van der Waals surface area contributed by atoms with Crippen LogP contribution in [0.2, 0.25) is 0 Å². The molecule has 0 saturated heterocycles. The number of aryl methyl sites for hydroxylation is 1. The van der Waals surface area contributed by atoms with Gasteiger partial charge in [0.05, 0.1) is 7.11 Å². The van der Waals surface area contributed by atoms with Crippen LogP contribution >= 0.6 is 23.4 Å². The van der Waals surface area contributed by atoms with E-state index in [0.717, 1.165) is 11.5 Å².